The summed E-state index contributed by atoms with van der Waals surface area (Å²) in [5.74, 6) is 0. The van der Waals surface area contributed by atoms with E-state index in [0.29, 0.717) is 5.33 Å². The van der Waals surface area contributed by atoms with E-state index >= 15 is 0 Å². The number of benzene rings is 1. The molecule has 16 heavy (non-hydrogen) atoms. The molecule has 0 N–H and O–H groups in total. The Bertz CT molecular complexity index is 548. The molecular weight excluding hydrogens is 338 g/mol. The summed E-state index contributed by atoms with van der Waals surface area (Å²) in [5, 5.41) is 1.58. The minimum absolute atomic E-state index is 0.378. The summed E-state index contributed by atoms with van der Waals surface area (Å²) in [7, 11) is 1.38. The number of ether oxygens (including phenoxy) is 1. The van der Waals surface area contributed by atoms with Crippen LogP contribution in [0.15, 0.2) is 28.7 Å². The zero-order valence-electron chi connectivity index (χ0n) is 8.54. The fourth-order valence-electron chi connectivity index (χ4n) is 1.67. The second-order valence-electron chi connectivity index (χ2n) is 3.22. The van der Waals surface area contributed by atoms with E-state index in [1.54, 1.807) is 4.57 Å². The van der Waals surface area contributed by atoms with Crippen molar-refractivity contribution in [1.82, 2.24) is 4.57 Å². The van der Waals surface area contributed by atoms with Gasteiger partial charge in [-0.3, -0.25) is 0 Å². The van der Waals surface area contributed by atoms with Crippen molar-refractivity contribution < 1.29 is 9.53 Å². The standard InChI is InChI=1S/C11H9Br2NO2/c1-16-11(15)14-8-5-3-2-4-7(8)10(13)9(14)6-12/h2-5H,6H2,1H3. The fourth-order valence-corrected chi connectivity index (χ4v) is 3.23. The van der Waals surface area contributed by atoms with Crippen LogP contribution in [0.2, 0.25) is 0 Å². The third kappa shape index (κ3) is 1.68. The lowest BCUT2D eigenvalue weighted by atomic mass is 10.2. The van der Waals surface area contributed by atoms with E-state index in [1.807, 2.05) is 24.3 Å². The van der Waals surface area contributed by atoms with Gasteiger partial charge in [0, 0.05) is 15.2 Å². The predicted molar refractivity (Wildman–Crippen MR) is 70.1 cm³/mol. The molecule has 0 spiro atoms. The number of hydrogen-bond donors (Lipinski definition) is 0. The summed E-state index contributed by atoms with van der Waals surface area (Å²) in [4.78, 5) is 11.7. The molecule has 0 fully saturated rings. The summed E-state index contributed by atoms with van der Waals surface area (Å²) in [6.45, 7) is 0. The highest BCUT2D eigenvalue weighted by Gasteiger charge is 2.18. The van der Waals surface area contributed by atoms with Crippen LogP contribution in [-0.4, -0.2) is 17.8 Å². The maximum Gasteiger partial charge on any atom is 0.418 e. The molecule has 0 aliphatic carbocycles. The number of aromatic nitrogens is 1. The first-order chi connectivity index (χ1) is 7.70. The number of carbonyl (C=O) groups excluding carboxylic acids is 1. The highest BCUT2D eigenvalue weighted by molar-refractivity contribution is 9.11. The fraction of sp³-hybridized carbons (Fsp3) is 0.182. The highest BCUT2D eigenvalue weighted by Crippen LogP contribution is 2.32. The van der Waals surface area contributed by atoms with Crippen LogP contribution in [0.3, 0.4) is 0 Å². The average molecular weight is 347 g/mol. The Balaban J connectivity index is 2.83. The van der Waals surface area contributed by atoms with Gasteiger partial charge in [-0.2, -0.15) is 0 Å². The van der Waals surface area contributed by atoms with E-state index in [9.17, 15) is 4.79 Å². The second-order valence-corrected chi connectivity index (χ2v) is 4.57. The van der Waals surface area contributed by atoms with Crippen LogP contribution in [0.25, 0.3) is 10.9 Å². The van der Waals surface area contributed by atoms with Crippen LogP contribution < -0.4 is 0 Å². The number of halogens is 2. The molecule has 0 aliphatic rings. The number of fused-ring (bicyclic) bond motifs is 1. The Morgan fingerprint density at radius 3 is 2.75 bits per heavy atom. The average Bonchev–Trinajstić information content (AvgIpc) is 2.62. The molecule has 0 unspecified atom stereocenters. The van der Waals surface area contributed by atoms with Gasteiger partial charge in [0.1, 0.15) is 0 Å². The Hall–Kier alpha value is -0.810. The smallest absolute Gasteiger partial charge is 0.418 e. The molecule has 0 radical (unpaired) electrons. The summed E-state index contributed by atoms with van der Waals surface area (Å²) in [6, 6.07) is 7.69. The lowest BCUT2D eigenvalue weighted by Crippen LogP contribution is -2.13. The van der Waals surface area contributed by atoms with Crippen LogP contribution >= 0.6 is 31.9 Å². The Labute approximate surface area is 110 Å². The molecule has 0 atom stereocenters. The van der Waals surface area contributed by atoms with Crippen molar-refractivity contribution in [3.8, 4) is 0 Å². The number of alkyl halides is 1. The van der Waals surface area contributed by atoms with Gasteiger partial charge in [0.15, 0.2) is 0 Å². The first-order valence-electron chi connectivity index (χ1n) is 4.62. The van der Waals surface area contributed by atoms with Gasteiger partial charge < -0.3 is 4.74 Å². The molecule has 2 rings (SSSR count). The molecular formula is C11H9Br2NO2. The molecule has 5 heteroatoms. The van der Waals surface area contributed by atoms with Gasteiger partial charge in [0.25, 0.3) is 0 Å². The number of hydrogen-bond acceptors (Lipinski definition) is 2. The zero-order chi connectivity index (χ0) is 11.7. The van der Waals surface area contributed by atoms with Crippen molar-refractivity contribution in [3.05, 3.63) is 34.4 Å². The summed E-state index contributed by atoms with van der Waals surface area (Å²) >= 11 is 6.88. The number of para-hydroxylation sites is 1. The van der Waals surface area contributed by atoms with E-state index in [2.05, 4.69) is 31.9 Å². The van der Waals surface area contributed by atoms with Crippen LogP contribution in [0.1, 0.15) is 5.69 Å². The topological polar surface area (TPSA) is 31.2 Å². The SMILES string of the molecule is COC(=O)n1c(CBr)c(Br)c2ccccc21. The number of carbonyl (C=O) groups is 1. The molecule has 2 aromatic rings. The maximum atomic E-state index is 11.7. The molecule has 0 aliphatic heterocycles. The highest BCUT2D eigenvalue weighted by atomic mass is 79.9. The molecule has 0 saturated carbocycles. The third-order valence-corrected chi connectivity index (χ3v) is 3.80. The van der Waals surface area contributed by atoms with E-state index in [4.69, 9.17) is 4.74 Å². The van der Waals surface area contributed by atoms with Gasteiger partial charge in [0.2, 0.25) is 0 Å². The van der Waals surface area contributed by atoms with E-state index in [1.165, 1.54) is 7.11 Å². The molecule has 3 nitrogen and oxygen atoms in total. The summed E-state index contributed by atoms with van der Waals surface area (Å²) in [5.41, 5.74) is 1.70. The molecule has 1 heterocycles. The quantitative estimate of drug-likeness (QED) is 0.733. The Morgan fingerprint density at radius 1 is 1.44 bits per heavy atom. The zero-order valence-corrected chi connectivity index (χ0v) is 11.7. The lowest BCUT2D eigenvalue weighted by Gasteiger charge is -2.05. The van der Waals surface area contributed by atoms with Gasteiger partial charge in [-0.05, 0) is 22.0 Å². The minimum atomic E-state index is -0.378. The predicted octanol–water partition coefficient (Wildman–Crippen LogP) is 3.91. The van der Waals surface area contributed by atoms with Crippen molar-refractivity contribution >= 4 is 48.9 Å². The van der Waals surface area contributed by atoms with E-state index in [0.717, 1.165) is 21.1 Å². The summed E-state index contributed by atoms with van der Waals surface area (Å²) in [6.07, 6.45) is -0.378. The van der Waals surface area contributed by atoms with Gasteiger partial charge in [-0.1, -0.05) is 34.1 Å². The van der Waals surface area contributed by atoms with Crippen molar-refractivity contribution in [3.63, 3.8) is 0 Å². The van der Waals surface area contributed by atoms with Gasteiger partial charge in [-0.15, -0.1) is 0 Å². The Kier molecular flexibility index (Phi) is 3.35. The molecule has 0 amide bonds. The molecule has 0 saturated heterocycles. The Morgan fingerprint density at radius 2 is 2.12 bits per heavy atom. The normalized spacial score (nSPS) is 10.7. The third-order valence-electron chi connectivity index (χ3n) is 2.39. The maximum absolute atomic E-state index is 11.7. The van der Waals surface area contributed by atoms with Crippen LogP contribution in [-0.2, 0) is 10.1 Å². The molecule has 0 bridgehead atoms. The van der Waals surface area contributed by atoms with Gasteiger partial charge in [0.05, 0.1) is 18.3 Å². The minimum Gasteiger partial charge on any atom is -0.452 e. The van der Waals surface area contributed by atoms with E-state index < -0.39 is 0 Å². The van der Waals surface area contributed by atoms with Crippen molar-refractivity contribution in [2.75, 3.05) is 7.11 Å². The number of rotatable bonds is 1. The molecule has 1 aromatic heterocycles. The first-order valence-corrected chi connectivity index (χ1v) is 6.54. The van der Waals surface area contributed by atoms with E-state index in [-0.39, 0.29) is 6.09 Å². The van der Waals surface area contributed by atoms with Crippen molar-refractivity contribution in [2.24, 2.45) is 0 Å². The second kappa shape index (κ2) is 4.59. The molecule has 84 valence electrons. The van der Waals surface area contributed by atoms with Gasteiger partial charge >= 0.3 is 6.09 Å². The summed E-state index contributed by atoms with van der Waals surface area (Å²) < 4.78 is 7.27. The lowest BCUT2D eigenvalue weighted by molar-refractivity contribution is 0.173. The largest absolute Gasteiger partial charge is 0.452 e. The van der Waals surface area contributed by atoms with Crippen LogP contribution in [0.4, 0.5) is 4.79 Å². The van der Waals surface area contributed by atoms with Gasteiger partial charge in [-0.25, -0.2) is 9.36 Å². The van der Waals surface area contributed by atoms with Crippen LogP contribution in [0, 0.1) is 0 Å². The van der Waals surface area contributed by atoms with Crippen molar-refractivity contribution in [1.29, 1.82) is 0 Å². The monoisotopic (exact) mass is 345 g/mol. The van der Waals surface area contributed by atoms with Crippen LogP contribution in [0.5, 0.6) is 0 Å². The number of methoxy groups -OCH3 is 1. The molecule has 1 aromatic carbocycles. The first kappa shape index (κ1) is 11.7. The van der Waals surface area contributed by atoms with Crippen molar-refractivity contribution in [2.45, 2.75) is 5.33 Å². The number of nitrogens with zero attached hydrogens (tertiary/aromatic N) is 1.